The fourth-order valence-electron chi connectivity index (χ4n) is 3.82. The second-order valence-corrected chi connectivity index (χ2v) is 9.10. The van der Waals surface area contributed by atoms with E-state index in [0.717, 1.165) is 16.5 Å². The van der Waals surface area contributed by atoms with E-state index in [-0.39, 0.29) is 31.3 Å². The summed E-state index contributed by atoms with van der Waals surface area (Å²) in [5, 5.41) is 6.31. The molecule has 1 heterocycles. The molecule has 2 aromatic rings. The molecule has 3 amide bonds. The lowest BCUT2D eigenvalue weighted by atomic mass is 10.0. The maximum Gasteiger partial charge on any atom is 0.243 e. The van der Waals surface area contributed by atoms with Crippen LogP contribution in [0, 0.1) is 0 Å². The normalized spacial score (nSPS) is 13.1. The van der Waals surface area contributed by atoms with Crippen molar-refractivity contribution in [2.45, 2.75) is 56.7 Å². The Morgan fingerprint density at radius 1 is 0.821 bits per heavy atom. The summed E-state index contributed by atoms with van der Waals surface area (Å²) in [7, 11) is 0. The number of para-hydroxylation sites is 1. The molecule has 0 aliphatic heterocycles. The minimum atomic E-state index is -0.979. The van der Waals surface area contributed by atoms with Crippen LogP contribution in [0.15, 0.2) is 46.5 Å². The number of nitrogens with one attached hydrogen (secondary N) is 2. The molecule has 14 nitrogen and oxygen atoms in total. The van der Waals surface area contributed by atoms with E-state index in [1.807, 2.05) is 30.3 Å². The fourth-order valence-corrected chi connectivity index (χ4v) is 3.82. The maximum absolute atomic E-state index is 13.2. The second-order valence-electron chi connectivity index (χ2n) is 9.10. The van der Waals surface area contributed by atoms with E-state index in [4.69, 9.17) is 34.4 Å². The molecule has 0 bridgehead atoms. The Hall–Kier alpha value is -4.46. The number of guanidine groups is 2. The number of nitrogens with two attached hydrogens (primary N) is 6. The van der Waals surface area contributed by atoms with Crippen LogP contribution >= 0.6 is 0 Å². The standard InChI is InChI=1S/C25H39N11O3/c26-17(6-3-11-32-24(28)29)22(38)36-20(10-9-15-13-16-5-1-2-7-18(16)34-14-15)23(39)35-19(21(27)37)8-4-12-33-25(30)31/h1-2,5,7,13-14,17,19-20H,3-4,6,8-12,26H2,(H2,27,37)(H,35,39)(H,36,38)(H4,28,29,32)(H4,30,31,33)/t17-,19-,20+/m1/s1. The smallest absolute Gasteiger partial charge is 0.243 e. The van der Waals surface area contributed by atoms with Gasteiger partial charge in [0, 0.05) is 24.7 Å². The quantitative estimate of drug-likeness (QED) is 0.0665. The maximum atomic E-state index is 13.2. The Morgan fingerprint density at radius 3 is 2.08 bits per heavy atom. The number of aromatic nitrogens is 1. The summed E-state index contributed by atoms with van der Waals surface area (Å²) in [6, 6.07) is 6.80. The van der Waals surface area contributed by atoms with Crippen LogP contribution in [0.25, 0.3) is 10.9 Å². The van der Waals surface area contributed by atoms with Gasteiger partial charge in [0.15, 0.2) is 11.9 Å². The largest absolute Gasteiger partial charge is 0.370 e. The number of amides is 3. The average molecular weight is 542 g/mol. The highest BCUT2D eigenvalue weighted by Gasteiger charge is 2.27. The SMILES string of the molecule is NC(=O)[C@@H](CCCN=C(N)N)NC(=O)[C@H](CCc1cnc2ccccc2c1)NC(=O)[C@H](N)CCCN=C(N)N. The van der Waals surface area contributed by atoms with Gasteiger partial charge in [-0.1, -0.05) is 18.2 Å². The van der Waals surface area contributed by atoms with Crippen LogP contribution in [0.2, 0.25) is 0 Å². The summed E-state index contributed by atoms with van der Waals surface area (Å²) in [6.07, 6.45) is 3.80. The summed E-state index contributed by atoms with van der Waals surface area (Å²) >= 11 is 0. The lowest BCUT2D eigenvalue weighted by Crippen LogP contribution is -2.55. The van der Waals surface area contributed by atoms with Gasteiger partial charge in [0.1, 0.15) is 12.1 Å². The molecule has 212 valence electrons. The Kier molecular flexibility index (Phi) is 12.4. The Morgan fingerprint density at radius 2 is 1.44 bits per heavy atom. The number of hydrogen-bond acceptors (Lipinski definition) is 7. The summed E-state index contributed by atoms with van der Waals surface area (Å²) in [5.41, 5.74) is 34.5. The van der Waals surface area contributed by atoms with Gasteiger partial charge in [-0.25, -0.2) is 0 Å². The van der Waals surface area contributed by atoms with Gasteiger partial charge in [-0.15, -0.1) is 0 Å². The number of fused-ring (bicyclic) bond motifs is 1. The molecule has 0 aliphatic rings. The summed E-state index contributed by atoms with van der Waals surface area (Å²) in [6.45, 7) is 0.591. The summed E-state index contributed by atoms with van der Waals surface area (Å²) in [5.74, 6) is -1.91. The lowest BCUT2D eigenvalue weighted by Gasteiger charge is -2.23. The van der Waals surface area contributed by atoms with Gasteiger partial charge < -0.3 is 45.0 Å². The van der Waals surface area contributed by atoms with E-state index in [1.165, 1.54) is 0 Å². The zero-order valence-electron chi connectivity index (χ0n) is 21.9. The van der Waals surface area contributed by atoms with Gasteiger partial charge in [0.25, 0.3) is 0 Å². The van der Waals surface area contributed by atoms with Crippen LogP contribution in [0.4, 0.5) is 0 Å². The number of nitrogens with zero attached hydrogens (tertiary/aromatic N) is 3. The van der Waals surface area contributed by atoms with E-state index in [9.17, 15) is 14.4 Å². The van der Waals surface area contributed by atoms with E-state index >= 15 is 0 Å². The molecule has 0 aliphatic carbocycles. The molecule has 14 heteroatoms. The minimum absolute atomic E-state index is 0.0461. The first kappa shape index (κ1) is 30.8. The number of primary amides is 1. The van der Waals surface area contributed by atoms with Crippen molar-refractivity contribution >= 4 is 40.5 Å². The number of carbonyl (C=O) groups excluding carboxylic acids is 3. The molecular weight excluding hydrogens is 502 g/mol. The molecule has 2 rings (SSSR count). The lowest BCUT2D eigenvalue weighted by molar-refractivity contribution is -0.132. The number of aliphatic imine (C=N–C) groups is 2. The van der Waals surface area contributed by atoms with Crippen molar-refractivity contribution in [1.82, 2.24) is 15.6 Å². The van der Waals surface area contributed by atoms with Gasteiger partial charge >= 0.3 is 0 Å². The van der Waals surface area contributed by atoms with Crippen molar-refractivity contribution in [3.05, 3.63) is 42.1 Å². The second kappa shape index (κ2) is 15.7. The Bertz CT molecular complexity index is 1180. The van der Waals surface area contributed by atoms with Crippen LogP contribution in [-0.2, 0) is 20.8 Å². The molecule has 3 atom stereocenters. The van der Waals surface area contributed by atoms with Crippen LogP contribution in [0.5, 0.6) is 0 Å². The molecule has 0 radical (unpaired) electrons. The van der Waals surface area contributed by atoms with Crippen molar-refractivity contribution in [2.75, 3.05) is 13.1 Å². The molecule has 1 aromatic carbocycles. The molecule has 0 fully saturated rings. The Balaban J connectivity index is 2.10. The van der Waals surface area contributed by atoms with Crippen molar-refractivity contribution in [2.24, 2.45) is 44.4 Å². The molecule has 0 unspecified atom stereocenters. The molecule has 0 spiro atoms. The highest BCUT2D eigenvalue weighted by Crippen LogP contribution is 2.15. The first-order valence-corrected chi connectivity index (χ1v) is 12.7. The van der Waals surface area contributed by atoms with Gasteiger partial charge in [-0.3, -0.25) is 29.4 Å². The average Bonchev–Trinajstić information content (AvgIpc) is 2.89. The predicted octanol–water partition coefficient (Wildman–Crippen LogP) is -1.94. The topological polar surface area (TPSA) is 269 Å². The fraction of sp³-hybridized carbons (Fsp3) is 0.440. The monoisotopic (exact) mass is 541 g/mol. The van der Waals surface area contributed by atoms with Crippen LogP contribution in [0.3, 0.4) is 0 Å². The van der Waals surface area contributed by atoms with Crippen molar-refractivity contribution in [3.8, 4) is 0 Å². The zero-order valence-corrected chi connectivity index (χ0v) is 21.9. The van der Waals surface area contributed by atoms with Gasteiger partial charge in [-0.05, 0) is 56.2 Å². The minimum Gasteiger partial charge on any atom is -0.370 e. The number of aryl methyl sites for hydroxylation is 1. The molecule has 0 saturated heterocycles. The van der Waals surface area contributed by atoms with Gasteiger partial charge in [0.05, 0.1) is 11.6 Å². The number of rotatable bonds is 16. The van der Waals surface area contributed by atoms with Crippen molar-refractivity contribution < 1.29 is 14.4 Å². The zero-order chi connectivity index (χ0) is 28.8. The number of carbonyl (C=O) groups is 3. The molecule has 1 aromatic heterocycles. The van der Waals surface area contributed by atoms with Crippen molar-refractivity contribution in [3.63, 3.8) is 0 Å². The van der Waals surface area contributed by atoms with Crippen molar-refractivity contribution in [1.29, 1.82) is 0 Å². The van der Waals surface area contributed by atoms with E-state index in [0.29, 0.717) is 32.2 Å². The molecule has 39 heavy (non-hydrogen) atoms. The third-order valence-electron chi connectivity index (χ3n) is 5.91. The number of benzene rings is 1. The third-order valence-corrected chi connectivity index (χ3v) is 5.91. The van der Waals surface area contributed by atoms with Crippen LogP contribution < -0.4 is 45.0 Å². The summed E-state index contributed by atoms with van der Waals surface area (Å²) in [4.78, 5) is 50.2. The highest BCUT2D eigenvalue weighted by molar-refractivity contribution is 5.92. The Labute approximate surface area is 227 Å². The first-order valence-electron chi connectivity index (χ1n) is 12.7. The van der Waals surface area contributed by atoms with E-state index in [2.05, 4.69) is 25.6 Å². The molecular formula is C25H39N11O3. The van der Waals surface area contributed by atoms with Crippen LogP contribution in [0.1, 0.15) is 37.7 Å². The third kappa shape index (κ3) is 11.2. The van der Waals surface area contributed by atoms with E-state index in [1.54, 1.807) is 6.20 Å². The van der Waals surface area contributed by atoms with E-state index < -0.39 is 35.8 Å². The van der Waals surface area contributed by atoms with Gasteiger partial charge in [-0.2, -0.15) is 0 Å². The predicted molar refractivity (Wildman–Crippen MR) is 151 cm³/mol. The highest BCUT2D eigenvalue weighted by atomic mass is 16.2. The van der Waals surface area contributed by atoms with Gasteiger partial charge in [0.2, 0.25) is 17.7 Å². The van der Waals surface area contributed by atoms with Crippen LogP contribution in [-0.4, -0.2) is 65.8 Å². The summed E-state index contributed by atoms with van der Waals surface area (Å²) < 4.78 is 0. The molecule has 0 saturated carbocycles. The molecule has 14 N–H and O–H groups in total. The first-order chi connectivity index (χ1) is 18.6. The number of hydrogen-bond donors (Lipinski definition) is 8. The number of pyridine rings is 1.